The van der Waals surface area contributed by atoms with E-state index in [1.54, 1.807) is 14.2 Å². The molecule has 0 saturated heterocycles. The van der Waals surface area contributed by atoms with E-state index in [0.717, 1.165) is 35.5 Å². The summed E-state index contributed by atoms with van der Waals surface area (Å²) in [5.41, 5.74) is 2.99. The molecule has 0 fully saturated rings. The minimum Gasteiger partial charge on any atom is -0.496 e. The molecule has 1 aliphatic rings. The van der Waals surface area contributed by atoms with Crippen molar-refractivity contribution in [3.63, 3.8) is 0 Å². The molecule has 0 bridgehead atoms. The van der Waals surface area contributed by atoms with Crippen LogP contribution in [0.3, 0.4) is 0 Å². The molecule has 0 spiro atoms. The summed E-state index contributed by atoms with van der Waals surface area (Å²) >= 11 is 0. The first-order chi connectivity index (χ1) is 12.0. The molecule has 3 rings (SSSR count). The van der Waals surface area contributed by atoms with E-state index in [1.807, 2.05) is 23.0 Å². The van der Waals surface area contributed by atoms with Crippen LogP contribution in [0.5, 0.6) is 11.5 Å². The zero-order valence-corrected chi connectivity index (χ0v) is 15.4. The van der Waals surface area contributed by atoms with Crippen LogP contribution in [0.4, 0.5) is 0 Å². The molecule has 0 aliphatic carbocycles. The van der Waals surface area contributed by atoms with E-state index >= 15 is 0 Å². The average molecular weight is 345 g/mol. The summed E-state index contributed by atoms with van der Waals surface area (Å²) in [5, 5.41) is 15.1. The maximum Gasteiger partial charge on any atom is 0.125 e. The number of nitrogens with zero attached hydrogens (tertiary/aromatic N) is 3. The monoisotopic (exact) mass is 345 g/mol. The summed E-state index contributed by atoms with van der Waals surface area (Å²) in [6.45, 7) is 7.29. The number of benzene rings is 1. The summed E-state index contributed by atoms with van der Waals surface area (Å²) in [7, 11) is 3.29. The molecule has 0 amide bonds. The van der Waals surface area contributed by atoms with Crippen molar-refractivity contribution in [1.82, 2.24) is 14.7 Å². The SMILES string of the molecule is COc1ccc(OC)c2c1CN(Cc1cnn(CC(C)C)c1)C[C@H]2O. The Balaban J connectivity index is 1.80. The van der Waals surface area contributed by atoms with Gasteiger partial charge in [-0.2, -0.15) is 5.10 Å². The van der Waals surface area contributed by atoms with Crippen LogP contribution in [0.15, 0.2) is 24.5 Å². The van der Waals surface area contributed by atoms with E-state index < -0.39 is 6.10 Å². The highest BCUT2D eigenvalue weighted by atomic mass is 16.5. The molecule has 2 aromatic rings. The summed E-state index contributed by atoms with van der Waals surface area (Å²) < 4.78 is 12.9. The van der Waals surface area contributed by atoms with Gasteiger partial charge in [0.05, 0.1) is 26.5 Å². The molecule has 1 aliphatic heterocycles. The van der Waals surface area contributed by atoms with Crippen LogP contribution in [0.2, 0.25) is 0 Å². The summed E-state index contributed by atoms with van der Waals surface area (Å²) in [6, 6.07) is 3.75. The van der Waals surface area contributed by atoms with E-state index in [9.17, 15) is 5.11 Å². The maximum atomic E-state index is 10.7. The topological polar surface area (TPSA) is 59.8 Å². The highest BCUT2D eigenvalue weighted by Crippen LogP contribution is 2.39. The van der Waals surface area contributed by atoms with Crippen molar-refractivity contribution in [2.45, 2.75) is 39.6 Å². The third kappa shape index (κ3) is 3.80. The number of hydrogen-bond donors (Lipinski definition) is 1. The number of rotatable bonds is 6. The first-order valence-electron chi connectivity index (χ1n) is 8.67. The number of methoxy groups -OCH3 is 2. The second-order valence-corrected chi connectivity index (χ2v) is 7.01. The van der Waals surface area contributed by atoms with Gasteiger partial charge in [0.15, 0.2) is 0 Å². The van der Waals surface area contributed by atoms with Crippen LogP contribution in [-0.2, 0) is 19.6 Å². The van der Waals surface area contributed by atoms with Crippen molar-refractivity contribution < 1.29 is 14.6 Å². The number of ether oxygens (including phenoxy) is 2. The van der Waals surface area contributed by atoms with Gasteiger partial charge in [-0.3, -0.25) is 9.58 Å². The van der Waals surface area contributed by atoms with Crippen LogP contribution >= 0.6 is 0 Å². The third-order valence-electron chi connectivity index (χ3n) is 4.51. The number of aliphatic hydroxyl groups is 1. The van der Waals surface area contributed by atoms with Crippen molar-refractivity contribution in [2.24, 2.45) is 5.92 Å². The number of hydrogen-bond acceptors (Lipinski definition) is 5. The fourth-order valence-electron chi connectivity index (χ4n) is 3.49. The van der Waals surface area contributed by atoms with Crippen LogP contribution in [0.1, 0.15) is 36.6 Å². The van der Waals surface area contributed by atoms with Gasteiger partial charge in [-0.05, 0) is 18.1 Å². The second-order valence-electron chi connectivity index (χ2n) is 7.01. The van der Waals surface area contributed by atoms with Gasteiger partial charge in [0.2, 0.25) is 0 Å². The average Bonchev–Trinajstić information content (AvgIpc) is 2.99. The van der Waals surface area contributed by atoms with Gasteiger partial charge in [0.1, 0.15) is 11.5 Å². The summed E-state index contributed by atoms with van der Waals surface area (Å²) in [5.74, 6) is 2.07. The van der Waals surface area contributed by atoms with Crippen molar-refractivity contribution >= 4 is 0 Å². The molecule has 1 N–H and O–H groups in total. The fraction of sp³-hybridized carbons (Fsp3) is 0.526. The van der Waals surface area contributed by atoms with Gasteiger partial charge >= 0.3 is 0 Å². The van der Waals surface area contributed by atoms with Gasteiger partial charge < -0.3 is 14.6 Å². The van der Waals surface area contributed by atoms with Crippen LogP contribution < -0.4 is 9.47 Å². The normalized spacial score (nSPS) is 17.6. The lowest BCUT2D eigenvalue weighted by atomic mass is 9.95. The Kier molecular flexibility index (Phi) is 5.30. The van der Waals surface area contributed by atoms with Crippen molar-refractivity contribution in [2.75, 3.05) is 20.8 Å². The van der Waals surface area contributed by atoms with Gasteiger partial charge in [0.25, 0.3) is 0 Å². The van der Waals surface area contributed by atoms with Gasteiger partial charge in [-0.15, -0.1) is 0 Å². The fourth-order valence-corrected chi connectivity index (χ4v) is 3.49. The molecule has 1 aromatic carbocycles. The molecule has 0 saturated carbocycles. The quantitative estimate of drug-likeness (QED) is 0.872. The second kappa shape index (κ2) is 7.45. The van der Waals surface area contributed by atoms with Crippen molar-refractivity contribution in [3.8, 4) is 11.5 Å². The number of fused-ring (bicyclic) bond motifs is 1. The molecule has 0 unspecified atom stereocenters. The van der Waals surface area contributed by atoms with Crippen LogP contribution in [0.25, 0.3) is 0 Å². The molecule has 0 radical (unpaired) electrons. The summed E-state index contributed by atoms with van der Waals surface area (Å²) in [4.78, 5) is 2.21. The number of aromatic nitrogens is 2. The predicted molar refractivity (Wildman–Crippen MR) is 95.7 cm³/mol. The van der Waals surface area contributed by atoms with Crippen LogP contribution in [0, 0.1) is 5.92 Å². The third-order valence-corrected chi connectivity index (χ3v) is 4.51. The highest BCUT2D eigenvalue weighted by molar-refractivity contribution is 5.51. The molecule has 6 nitrogen and oxygen atoms in total. The lowest BCUT2D eigenvalue weighted by molar-refractivity contribution is 0.0843. The first-order valence-corrected chi connectivity index (χ1v) is 8.67. The molecule has 136 valence electrons. The standard InChI is InChI=1S/C19H27N3O3/c1-13(2)8-22-10-14(7-20-22)9-21-11-15-17(24-3)5-6-18(25-4)19(15)16(23)12-21/h5-7,10,13,16,23H,8-9,11-12H2,1-4H3/t16-/m1/s1. The molecule has 6 heteroatoms. The zero-order valence-electron chi connectivity index (χ0n) is 15.4. The Morgan fingerprint density at radius 2 is 1.96 bits per heavy atom. The number of aliphatic hydroxyl groups excluding tert-OH is 1. The molecular formula is C19H27N3O3. The van der Waals surface area contributed by atoms with E-state index in [-0.39, 0.29) is 0 Å². The lowest BCUT2D eigenvalue weighted by Gasteiger charge is -2.33. The molecular weight excluding hydrogens is 318 g/mol. The van der Waals surface area contributed by atoms with Crippen LogP contribution in [-0.4, -0.2) is 40.6 Å². The molecule has 1 aromatic heterocycles. The first kappa shape index (κ1) is 17.8. The Morgan fingerprint density at radius 3 is 2.64 bits per heavy atom. The van der Waals surface area contributed by atoms with Gasteiger partial charge in [0, 0.05) is 49.1 Å². The predicted octanol–water partition coefficient (Wildman–Crippen LogP) is 2.61. The maximum absolute atomic E-state index is 10.7. The molecule has 1 atom stereocenters. The van der Waals surface area contributed by atoms with Crippen molar-refractivity contribution in [1.29, 1.82) is 0 Å². The zero-order chi connectivity index (χ0) is 18.0. The Morgan fingerprint density at radius 1 is 1.24 bits per heavy atom. The Labute approximate surface area is 149 Å². The van der Waals surface area contributed by atoms with E-state index in [1.165, 1.54) is 0 Å². The number of β-amino-alcohol motifs (C(OH)–C–C–N with tert-alkyl or cyclic N) is 1. The Hall–Kier alpha value is -2.05. The van der Waals surface area contributed by atoms with E-state index in [0.29, 0.717) is 24.8 Å². The largest absolute Gasteiger partial charge is 0.496 e. The van der Waals surface area contributed by atoms with Crippen molar-refractivity contribution in [3.05, 3.63) is 41.2 Å². The van der Waals surface area contributed by atoms with E-state index in [4.69, 9.17) is 9.47 Å². The van der Waals surface area contributed by atoms with E-state index in [2.05, 4.69) is 30.0 Å². The lowest BCUT2D eigenvalue weighted by Crippen LogP contribution is -2.33. The summed E-state index contributed by atoms with van der Waals surface area (Å²) in [6.07, 6.45) is 3.40. The smallest absolute Gasteiger partial charge is 0.125 e. The molecule has 25 heavy (non-hydrogen) atoms. The highest BCUT2D eigenvalue weighted by Gasteiger charge is 2.29. The molecule has 2 heterocycles. The van der Waals surface area contributed by atoms with Gasteiger partial charge in [-0.1, -0.05) is 13.8 Å². The minimum absolute atomic E-state index is 0.561. The Bertz CT molecular complexity index is 727. The minimum atomic E-state index is -0.598. The van der Waals surface area contributed by atoms with Gasteiger partial charge in [-0.25, -0.2) is 0 Å².